The zero-order chi connectivity index (χ0) is 7.49. The van der Waals surface area contributed by atoms with Crippen molar-refractivity contribution in [3.63, 3.8) is 0 Å². The maximum Gasteiger partial charge on any atom is 0.459 e. The van der Waals surface area contributed by atoms with Crippen molar-refractivity contribution in [1.82, 2.24) is 0 Å². The Labute approximate surface area is 51.9 Å². The molecule has 0 heterocycles. The summed E-state index contributed by atoms with van der Waals surface area (Å²) in [5, 5.41) is 7.85. The molecule has 0 amide bonds. The zero-order valence-corrected chi connectivity index (χ0v) is 5.34. The van der Waals surface area contributed by atoms with Gasteiger partial charge in [-0.1, -0.05) is 0 Å². The van der Waals surface area contributed by atoms with E-state index in [1.807, 2.05) is 0 Å². The van der Waals surface area contributed by atoms with Crippen LogP contribution in [0.1, 0.15) is 0 Å². The van der Waals surface area contributed by atoms with E-state index in [1.165, 1.54) is 0 Å². The molecule has 0 atom stereocenters. The number of rotatable bonds is 3. The van der Waals surface area contributed by atoms with Gasteiger partial charge < -0.3 is 5.73 Å². The summed E-state index contributed by atoms with van der Waals surface area (Å²) in [6.45, 7) is -0.179. The van der Waals surface area contributed by atoms with Gasteiger partial charge in [0, 0.05) is 6.54 Å². The van der Waals surface area contributed by atoms with Crippen LogP contribution < -0.4 is 5.73 Å². The first-order chi connectivity index (χ1) is 4.00. The van der Waals surface area contributed by atoms with Gasteiger partial charge in [0.05, 0.1) is 4.91 Å². The number of hydrogen-bond donors (Lipinski definition) is 2. The highest BCUT2D eigenvalue weighted by Gasteiger charge is 2.27. The van der Waals surface area contributed by atoms with Crippen LogP contribution in [0.3, 0.4) is 0 Å². The monoisotopic (exact) mass is 155 g/mol. The number of nitrogens with zero attached hydrogens (tertiary/aromatic N) is 1. The molecule has 0 aromatic heterocycles. The molecular formula is C2H7N2O4S+. The van der Waals surface area contributed by atoms with Crippen molar-refractivity contribution in [2.75, 3.05) is 12.3 Å². The van der Waals surface area contributed by atoms with Crippen molar-refractivity contribution in [3.05, 3.63) is 4.91 Å². The Morgan fingerprint density at radius 3 is 2.11 bits per heavy atom. The van der Waals surface area contributed by atoms with Crippen molar-refractivity contribution in [3.8, 4) is 0 Å². The molecule has 0 unspecified atom stereocenters. The normalized spacial score (nSPS) is 11.2. The Morgan fingerprint density at radius 2 is 2.00 bits per heavy atom. The van der Waals surface area contributed by atoms with Gasteiger partial charge in [0.25, 0.3) is 0 Å². The molecule has 0 radical (unpaired) electrons. The average Bonchev–Trinajstić information content (AvgIpc) is 1.65. The highest BCUT2D eigenvalue weighted by Crippen LogP contribution is 1.85. The molecule has 0 aliphatic carbocycles. The van der Waals surface area contributed by atoms with Gasteiger partial charge in [-0.15, -0.1) is 0 Å². The molecule has 0 rings (SSSR count). The lowest BCUT2D eigenvalue weighted by Gasteiger charge is -1.82. The minimum absolute atomic E-state index is 0.179. The smallest absolute Gasteiger partial charge is 0.329 e. The largest absolute Gasteiger partial charge is 0.459 e. The van der Waals surface area contributed by atoms with E-state index in [-0.39, 0.29) is 6.54 Å². The topological polar surface area (TPSA) is 100 Å². The van der Waals surface area contributed by atoms with Crippen LogP contribution >= 0.6 is 0 Å². The second-order valence-electron chi connectivity index (χ2n) is 1.31. The van der Waals surface area contributed by atoms with Gasteiger partial charge in [-0.3, -0.25) is 0 Å². The van der Waals surface area contributed by atoms with Crippen LogP contribution in [0.25, 0.3) is 0 Å². The third kappa shape index (κ3) is 2.38. The summed E-state index contributed by atoms with van der Waals surface area (Å²) in [6, 6.07) is 0. The standard InChI is InChI=1S/C2H7N2O4S/c3-1-2-9(7,8)4(5)6/h1-3H2,(H,5,6)/q+1. The van der Waals surface area contributed by atoms with Crippen molar-refractivity contribution in [2.45, 2.75) is 0 Å². The van der Waals surface area contributed by atoms with Crippen LogP contribution in [0.2, 0.25) is 0 Å². The molecule has 0 fully saturated rings. The molecule has 9 heavy (non-hydrogen) atoms. The van der Waals surface area contributed by atoms with Crippen LogP contribution in [0, 0.1) is 4.91 Å². The van der Waals surface area contributed by atoms with Crippen LogP contribution in [0.4, 0.5) is 0 Å². The summed E-state index contributed by atoms with van der Waals surface area (Å²) < 4.78 is 19.3. The summed E-state index contributed by atoms with van der Waals surface area (Å²) in [7, 11) is -4.04. The molecule has 0 aromatic carbocycles. The molecule has 0 aromatic rings. The lowest BCUT2D eigenvalue weighted by Crippen LogP contribution is -2.23. The lowest BCUT2D eigenvalue weighted by molar-refractivity contribution is -0.673. The number of sulfonamides is 1. The maximum absolute atomic E-state index is 10.2. The first-order valence-corrected chi connectivity index (χ1v) is 3.70. The van der Waals surface area contributed by atoms with Gasteiger partial charge in [-0.25, -0.2) is 5.21 Å². The van der Waals surface area contributed by atoms with Crippen molar-refractivity contribution in [2.24, 2.45) is 5.73 Å². The van der Waals surface area contributed by atoms with Crippen molar-refractivity contribution >= 4 is 10.0 Å². The molecule has 3 N–H and O–H groups in total. The number of hydrogen-bond acceptors (Lipinski definition) is 4. The van der Waals surface area contributed by atoms with Crippen LogP contribution in [-0.4, -0.2) is 30.3 Å². The Balaban J connectivity index is 4.23. The fraction of sp³-hybridized carbons (Fsp3) is 1.00. The van der Waals surface area contributed by atoms with E-state index >= 15 is 0 Å². The summed E-state index contributed by atoms with van der Waals surface area (Å²) in [5.41, 5.74) is 4.80. The van der Waals surface area contributed by atoms with E-state index in [0.29, 0.717) is 0 Å². The SMILES string of the molecule is NCCS(=O)(=O)[N+](=O)O. The van der Waals surface area contributed by atoms with Crippen LogP contribution in [0.5, 0.6) is 0 Å². The highest BCUT2D eigenvalue weighted by molar-refractivity contribution is 7.85. The second-order valence-corrected chi connectivity index (χ2v) is 3.20. The summed E-state index contributed by atoms with van der Waals surface area (Å²) in [5.74, 6) is -0.535. The maximum atomic E-state index is 10.2. The van der Waals surface area contributed by atoms with E-state index in [2.05, 4.69) is 0 Å². The average molecular weight is 155 g/mol. The fourth-order valence-corrected chi connectivity index (χ4v) is 0.681. The summed E-state index contributed by atoms with van der Waals surface area (Å²) in [4.78, 5) is 9.68. The van der Waals surface area contributed by atoms with E-state index in [0.717, 1.165) is 0 Å². The lowest BCUT2D eigenvalue weighted by atomic mass is 10.8. The molecule has 0 saturated heterocycles. The van der Waals surface area contributed by atoms with Crippen LogP contribution in [-0.2, 0) is 10.0 Å². The molecule has 54 valence electrons. The first-order valence-electron chi connectivity index (χ1n) is 2.10. The van der Waals surface area contributed by atoms with Gasteiger partial charge in [-0.2, -0.15) is 8.42 Å². The second kappa shape index (κ2) is 2.74. The Morgan fingerprint density at radius 1 is 1.56 bits per heavy atom. The molecule has 0 aliphatic heterocycles. The third-order valence-corrected chi connectivity index (χ3v) is 1.84. The Bertz CT molecular complexity index is 195. The quantitative estimate of drug-likeness (QED) is 0.480. The van der Waals surface area contributed by atoms with Crippen molar-refractivity contribution in [1.29, 1.82) is 0 Å². The van der Waals surface area contributed by atoms with E-state index in [1.54, 1.807) is 0 Å². The molecule has 6 nitrogen and oxygen atoms in total. The molecular weight excluding hydrogens is 148 g/mol. The van der Waals surface area contributed by atoms with E-state index in [9.17, 15) is 13.3 Å². The molecule has 0 aliphatic rings. The van der Waals surface area contributed by atoms with Gasteiger partial charge in [0.1, 0.15) is 5.75 Å². The third-order valence-electron chi connectivity index (χ3n) is 0.614. The molecule has 0 saturated carbocycles. The fourth-order valence-electron chi connectivity index (χ4n) is 0.227. The van der Waals surface area contributed by atoms with E-state index in [4.69, 9.17) is 10.9 Å². The van der Waals surface area contributed by atoms with Gasteiger partial charge in [0.2, 0.25) is 0 Å². The first kappa shape index (κ1) is 8.31. The van der Waals surface area contributed by atoms with Crippen LogP contribution in [0.15, 0.2) is 0 Å². The number of nitrogens with two attached hydrogens (primary N) is 1. The zero-order valence-electron chi connectivity index (χ0n) is 4.52. The van der Waals surface area contributed by atoms with Crippen molar-refractivity contribution < 1.29 is 18.0 Å². The predicted octanol–water partition coefficient (Wildman–Crippen LogP) is -1.56. The van der Waals surface area contributed by atoms with E-state index < -0.39 is 20.1 Å². The Kier molecular flexibility index (Phi) is 2.53. The minimum atomic E-state index is -4.04. The predicted molar refractivity (Wildman–Crippen MR) is 28.3 cm³/mol. The van der Waals surface area contributed by atoms with Gasteiger partial charge in [-0.05, 0) is 0 Å². The summed E-state index contributed by atoms with van der Waals surface area (Å²) >= 11 is 0. The molecule has 0 spiro atoms. The van der Waals surface area contributed by atoms with Gasteiger partial charge in [0.15, 0.2) is 0 Å². The molecule has 7 heteroatoms. The highest BCUT2D eigenvalue weighted by atomic mass is 32.2. The minimum Gasteiger partial charge on any atom is -0.329 e. The molecule has 0 bridgehead atoms. The van der Waals surface area contributed by atoms with Gasteiger partial charge >= 0.3 is 14.4 Å². The Hall–Kier alpha value is -0.690. The summed E-state index contributed by atoms with van der Waals surface area (Å²) in [6.07, 6.45) is 0.